The molecule has 1 saturated carbocycles. The van der Waals surface area contributed by atoms with Gasteiger partial charge in [-0.25, -0.2) is 0 Å². The zero-order chi connectivity index (χ0) is 12.3. The molecule has 0 aliphatic heterocycles. The van der Waals surface area contributed by atoms with Gasteiger partial charge in [-0.3, -0.25) is 0 Å². The number of rotatable bonds is 6. The summed E-state index contributed by atoms with van der Waals surface area (Å²) in [5, 5.41) is 3.58. The molecule has 1 N–H and O–H groups in total. The van der Waals surface area contributed by atoms with Gasteiger partial charge in [0.15, 0.2) is 0 Å². The fraction of sp³-hybridized carbons (Fsp3) is 0.571. The molecule has 1 atom stereocenters. The molecule has 1 aromatic carbocycles. The lowest BCUT2D eigenvalue weighted by atomic mass is 10.0. The summed E-state index contributed by atoms with van der Waals surface area (Å²) in [6, 6.07) is 7.14. The van der Waals surface area contributed by atoms with E-state index in [-0.39, 0.29) is 0 Å². The normalized spacial score (nSPS) is 16.9. The van der Waals surface area contributed by atoms with E-state index in [4.69, 9.17) is 4.74 Å². The molecule has 1 aliphatic carbocycles. The van der Waals surface area contributed by atoms with Crippen molar-refractivity contribution in [1.82, 2.24) is 5.32 Å². The molecular formula is C14H20BrNO. The maximum atomic E-state index is 5.23. The quantitative estimate of drug-likeness (QED) is 0.869. The molecule has 0 saturated heterocycles. The highest BCUT2D eigenvalue weighted by molar-refractivity contribution is 9.10. The predicted molar refractivity (Wildman–Crippen MR) is 74.6 cm³/mol. The van der Waals surface area contributed by atoms with Crippen LogP contribution in [0.15, 0.2) is 22.7 Å². The average Bonchev–Trinajstić information content (AvgIpc) is 3.10. The summed E-state index contributed by atoms with van der Waals surface area (Å²) < 4.78 is 6.27. The number of hydrogen-bond acceptors (Lipinski definition) is 2. The molecule has 2 rings (SSSR count). The second-order valence-corrected chi connectivity index (χ2v) is 5.82. The van der Waals surface area contributed by atoms with Crippen molar-refractivity contribution >= 4 is 15.9 Å². The van der Waals surface area contributed by atoms with Crippen LogP contribution in [0.3, 0.4) is 0 Å². The molecule has 1 unspecified atom stereocenters. The Hall–Kier alpha value is -0.540. The van der Waals surface area contributed by atoms with Crippen LogP contribution >= 0.6 is 15.9 Å². The van der Waals surface area contributed by atoms with E-state index in [1.54, 1.807) is 7.11 Å². The minimum atomic E-state index is 0.677. The summed E-state index contributed by atoms with van der Waals surface area (Å²) in [6.45, 7) is 3.42. The highest BCUT2D eigenvalue weighted by atomic mass is 79.9. The van der Waals surface area contributed by atoms with E-state index in [2.05, 4.69) is 40.3 Å². The predicted octanol–water partition coefficient (Wildman–Crippen LogP) is 3.39. The smallest absolute Gasteiger partial charge is 0.133 e. The van der Waals surface area contributed by atoms with Gasteiger partial charge < -0.3 is 10.1 Å². The van der Waals surface area contributed by atoms with Gasteiger partial charge in [-0.1, -0.05) is 13.0 Å². The highest BCUT2D eigenvalue weighted by Crippen LogP contribution is 2.26. The Morgan fingerprint density at radius 1 is 1.47 bits per heavy atom. The van der Waals surface area contributed by atoms with Gasteiger partial charge in [-0.05, 0) is 65.4 Å². The van der Waals surface area contributed by atoms with Crippen molar-refractivity contribution < 1.29 is 4.74 Å². The minimum Gasteiger partial charge on any atom is -0.496 e. The third-order valence-electron chi connectivity index (χ3n) is 3.13. The molecule has 2 nitrogen and oxygen atoms in total. The van der Waals surface area contributed by atoms with Crippen LogP contribution in [0, 0.1) is 5.92 Å². The Morgan fingerprint density at radius 2 is 2.24 bits per heavy atom. The molecular weight excluding hydrogens is 278 g/mol. The molecule has 0 heterocycles. The molecule has 0 amide bonds. The first-order chi connectivity index (χ1) is 8.19. The molecule has 1 fully saturated rings. The van der Waals surface area contributed by atoms with Crippen molar-refractivity contribution in [3.63, 3.8) is 0 Å². The van der Waals surface area contributed by atoms with E-state index in [1.807, 2.05) is 6.07 Å². The Morgan fingerprint density at radius 3 is 2.82 bits per heavy atom. The summed E-state index contributed by atoms with van der Waals surface area (Å²) in [5.74, 6) is 1.58. The maximum absolute atomic E-state index is 5.23. The van der Waals surface area contributed by atoms with E-state index in [1.165, 1.54) is 18.4 Å². The van der Waals surface area contributed by atoms with Crippen LogP contribution in [-0.2, 0) is 6.42 Å². The van der Waals surface area contributed by atoms with E-state index in [0.717, 1.165) is 29.2 Å². The molecule has 1 aliphatic rings. The lowest BCUT2D eigenvalue weighted by Gasteiger charge is -2.13. The van der Waals surface area contributed by atoms with Gasteiger partial charge in [-0.15, -0.1) is 0 Å². The van der Waals surface area contributed by atoms with E-state index < -0.39 is 0 Å². The maximum Gasteiger partial charge on any atom is 0.133 e. The molecule has 0 aromatic heterocycles. The topological polar surface area (TPSA) is 21.3 Å². The van der Waals surface area contributed by atoms with Crippen molar-refractivity contribution in [2.45, 2.75) is 32.2 Å². The van der Waals surface area contributed by atoms with Gasteiger partial charge in [0.25, 0.3) is 0 Å². The minimum absolute atomic E-state index is 0.677. The van der Waals surface area contributed by atoms with Crippen molar-refractivity contribution in [1.29, 1.82) is 0 Å². The van der Waals surface area contributed by atoms with Gasteiger partial charge in [0.2, 0.25) is 0 Å². The Balaban J connectivity index is 1.86. The average molecular weight is 298 g/mol. The van der Waals surface area contributed by atoms with Crippen LogP contribution in [0.5, 0.6) is 5.75 Å². The van der Waals surface area contributed by atoms with Crippen molar-refractivity contribution in [3.05, 3.63) is 28.2 Å². The third kappa shape index (κ3) is 4.00. The first kappa shape index (κ1) is 12.9. The number of halogens is 1. The molecule has 3 heteroatoms. The van der Waals surface area contributed by atoms with Gasteiger partial charge >= 0.3 is 0 Å². The van der Waals surface area contributed by atoms with Gasteiger partial charge in [0.05, 0.1) is 11.6 Å². The van der Waals surface area contributed by atoms with Crippen LogP contribution < -0.4 is 10.1 Å². The summed E-state index contributed by atoms with van der Waals surface area (Å²) in [6.07, 6.45) is 3.84. The van der Waals surface area contributed by atoms with Crippen molar-refractivity contribution in [2.24, 2.45) is 5.92 Å². The van der Waals surface area contributed by atoms with Crippen LogP contribution in [0.2, 0.25) is 0 Å². The molecule has 0 spiro atoms. The first-order valence-corrected chi connectivity index (χ1v) is 7.04. The number of methoxy groups -OCH3 is 1. The number of hydrogen-bond donors (Lipinski definition) is 1. The van der Waals surface area contributed by atoms with Crippen LogP contribution in [-0.4, -0.2) is 19.7 Å². The van der Waals surface area contributed by atoms with E-state index >= 15 is 0 Å². The lowest BCUT2D eigenvalue weighted by Crippen LogP contribution is -2.24. The Kier molecular flexibility index (Phi) is 4.46. The zero-order valence-electron chi connectivity index (χ0n) is 10.5. The fourth-order valence-corrected chi connectivity index (χ4v) is 2.55. The molecule has 0 radical (unpaired) electrons. The standard InChI is InChI=1S/C14H20BrNO/c1-10(9-16-12-4-5-12)7-11-3-6-14(17-2)13(15)8-11/h3,6,8,10,12,16H,4-5,7,9H2,1-2H3. The first-order valence-electron chi connectivity index (χ1n) is 6.25. The summed E-state index contributed by atoms with van der Waals surface area (Å²) in [7, 11) is 1.70. The molecule has 94 valence electrons. The van der Waals surface area contributed by atoms with Crippen molar-refractivity contribution in [3.8, 4) is 5.75 Å². The number of benzene rings is 1. The van der Waals surface area contributed by atoms with Crippen LogP contribution in [0.25, 0.3) is 0 Å². The van der Waals surface area contributed by atoms with E-state index in [0.29, 0.717) is 5.92 Å². The molecule has 1 aromatic rings. The lowest BCUT2D eigenvalue weighted by molar-refractivity contribution is 0.411. The second kappa shape index (κ2) is 5.87. The molecule has 17 heavy (non-hydrogen) atoms. The van der Waals surface area contributed by atoms with Crippen molar-refractivity contribution in [2.75, 3.05) is 13.7 Å². The highest BCUT2D eigenvalue weighted by Gasteiger charge is 2.20. The number of nitrogens with one attached hydrogen (secondary N) is 1. The number of ether oxygens (including phenoxy) is 1. The van der Waals surface area contributed by atoms with Crippen LogP contribution in [0.1, 0.15) is 25.3 Å². The fourth-order valence-electron chi connectivity index (χ4n) is 1.97. The van der Waals surface area contributed by atoms with E-state index in [9.17, 15) is 0 Å². The van der Waals surface area contributed by atoms with Gasteiger partial charge in [0, 0.05) is 6.04 Å². The Bertz CT molecular complexity index is 376. The largest absolute Gasteiger partial charge is 0.496 e. The SMILES string of the molecule is COc1ccc(CC(C)CNC2CC2)cc1Br. The zero-order valence-corrected chi connectivity index (χ0v) is 12.1. The molecule has 0 bridgehead atoms. The van der Waals surface area contributed by atoms with Crippen LogP contribution in [0.4, 0.5) is 0 Å². The Labute approximate surface area is 112 Å². The summed E-state index contributed by atoms with van der Waals surface area (Å²) >= 11 is 3.53. The summed E-state index contributed by atoms with van der Waals surface area (Å²) in [4.78, 5) is 0. The monoisotopic (exact) mass is 297 g/mol. The van der Waals surface area contributed by atoms with Gasteiger partial charge in [-0.2, -0.15) is 0 Å². The van der Waals surface area contributed by atoms with Gasteiger partial charge in [0.1, 0.15) is 5.75 Å². The second-order valence-electron chi connectivity index (χ2n) is 4.96. The summed E-state index contributed by atoms with van der Waals surface area (Å²) in [5.41, 5.74) is 1.36. The third-order valence-corrected chi connectivity index (χ3v) is 3.75.